The zero-order chi connectivity index (χ0) is 26.9. The molecule has 2 aliphatic rings. The van der Waals surface area contributed by atoms with E-state index in [-0.39, 0.29) is 29.6 Å². The van der Waals surface area contributed by atoms with Gasteiger partial charge in [0.1, 0.15) is 17.1 Å². The highest BCUT2D eigenvalue weighted by molar-refractivity contribution is 6.04. The van der Waals surface area contributed by atoms with Crippen molar-refractivity contribution in [3.8, 4) is 6.07 Å². The smallest absolute Gasteiger partial charge is 0.254 e. The lowest BCUT2D eigenvalue weighted by atomic mass is 9.98. The van der Waals surface area contributed by atoms with Crippen LogP contribution in [0.5, 0.6) is 0 Å². The third kappa shape index (κ3) is 7.04. The van der Waals surface area contributed by atoms with Crippen molar-refractivity contribution >= 4 is 29.6 Å². The van der Waals surface area contributed by atoms with E-state index in [0.717, 1.165) is 70.4 Å². The van der Waals surface area contributed by atoms with Gasteiger partial charge in [0.15, 0.2) is 0 Å². The van der Waals surface area contributed by atoms with E-state index in [4.69, 9.17) is 16.4 Å². The number of hydrogen-bond acceptors (Lipinski definition) is 10. The van der Waals surface area contributed by atoms with Gasteiger partial charge in [0, 0.05) is 77.3 Å². The number of benzene rings is 1. The number of carbonyl (C=O) groups is 1. The van der Waals surface area contributed by atoms with Gasteiger partial charge in [0.05, 0.1) is 6.07 Å². The number of anilines is 3. The van der Waals surface area contributed by atoms with Gasteiger partial charge in [-0.3, -0.25) is 9.69 Å². The summed E-state index contributed by atoms with van der Waals surface area (Å²) in [5.74, 6) is 0.304. The highest BCUT2D eigenvalue weighted by Gasteiger charge is 2.24. The number of aliphatic hydroxyl groups excluding tert-OH is 1. The number of hydrogen-bond donors (Lipinski definition) is 4. The van der Waals surface area contributed by atoms with E-state index in [1.165, 1.54) is 5.56 Å². The van der Waals surface area contributed by atoms with Crippen LogP contribution in [-0.4, -0.2) is 96.0 Å². The van der Waals surface area contributed by atoms with Crippen LogP contribution in [0.3, 0.4) is 0 Å². The first-order chi connectivity index (χ1) is 18.5. The molecule has 0 bridgehead atoms. The van der Waals surface area contributed by atoms with Crippen LogP contribution in [0.15, 0.2) is 24.3 Å². The summed E-state index contributed by atoms with van der Waals surface area (Å²) in [5, 5.41) is 29.2. The van der Waals surface area contributed by atoms with Gasteiger partial charge in [-0.1, -0.05) is 12.1 Å². The third-order valence-corrected chi connectivity index (χ3v) is 7.40. The summed E-state index contributed by atoms with van der Waals surface area (Å²) in [7, 11) is 0. The molecule has 4 rings (SSSR count). The Labute approximate surface area is 223 Å². The summed E-state index contributed by atoms with van der Waals surface area (Å²) >= 11 is 0. The molecular weight excluding hydrogens is 482 g/mol. The number of aliphatic hydroxyl groups is 1. The topological polar surface area (TPSA) is 158 Å². The highest BCUT2D eigenvalue weighted by atomic mass is 16.3. The van der Waals surface area contributed by atoms with Crippen LogP contribution in [0, 0.1) is 22.7 Å². The molecule has 2 saturated heterocycles. The van der Waals surface area contributed by atoms with Crippen LogP contribution < -0.4 is 16.0 Å². The molecule has 202 valence electrons. The van der Waals surface area contributed by atoms with Gasteiger partial charge in [-0.15, -0.1) is 0 Å². The predicted molar refractivity (Wildman–Crippen MR) is 147 cm³/mol. The van der Waals surface area contributed by atoms with Gasteiger partial charge < -0.3 is 31.4 Å². The fourth-order valence-corrected chi connectivity index (χ4v) is 4.98. The van der Waals surface area contributed by atoms with Crippen molar-refractivity contribution < 1.29 is 9.90 Å². The van der Waals surface area contributed by atoms with Crippen LogP contribution in [0.4, 0.5) is 17.5 Å². The van der Waals surface area contributed by atoms with Crippen molar-refractivity contribution in [2.45, 2.75) is 25.7 Å². The van der Waals surface area contributed by atoms with Gasteiger partial charge in [-0.2, -0.15) is 10.2 Å². The van der Waals surface area contributed by atoms with Gasteiger partial charge in [0.2, 0.25) is 5.95 Å². The highest BCUT2D eigenvalue weighted by Crippen LogP contribution is 2.26. The SMILES string of the molecule is N#CCCN1CCN(CCc2ccc(Nc3nc(N4CCC(CO)CC4)nc(C=N)c3C(N)=O)cc2)CC1. The van der Waals surface area contributed by atoms with Crippen LogP contribution in [0.2, 0.25) is 0 Å². The second kappa shape index (κ2) is 13.3. The molecule has 0 aliphatic carbocycles. The molecule has 1 aromatic carbocycles. The number of amides is 1. The standard InChI is InChI=1S/C27H37N9O2/c28-9-1-10-34-14-16-35(17-15-34)11-6-20-2-4-22(5-3-20)31-26-24(25(30)38)23(18-29)32-27(33-26)36-12-7-21(19-37)8-13-36/h2-5,18,21,29,37H,1,6-8,10-17,19H2,(H2,30,38)(H,31,32,33). The van der Waals surface area contributed by atoms with E-state index in [2.05, 4.69) is 43.3 Å². The zero-order valence-electron chi connectivity index (χ0n) is 21.8. The van der Waals surface area contributed by atoms with Crippen LogP contribution in [0.1, 0.15) is 40.9 Å². The lowest BCUT2D eigenvalue weighted by molar-refractivity contribution is 0.100. The predicted octanol–water partition coefficient (Wildman–Crippen LogP) is 1.60. The number of primary amides is 1. The van der Waals surface area contributed by atoms with E-state index >= 15 is 0 Å². The zero-order valence-corrected chi connectivity index (χ0v) is 21.8. The molecule has 2 aliphatic heterocycles. The maximum Gasteiger partial charge on any atom is 0.254 e. The molecule has 11 nitrogen and oxygen atoms in total. The van der Waals surface area contributed by atoms with Crippen LogP contribution >= 0.6 is 0 Å². The lowest BCUT2D eigenvalue weighted by Gasteiger charge is -2.34. The fraction of sp³-hybridized carbons (Fsp3) is 0.519. The Morgan fingerprint density at radius 3 is 2.34 bits per heavy atom. The minimum Gasteiger partial charge on any atom is -0.396 e. The summed E-state index contributed by atoms with van der Waals surface area (Å²) in [5.41, 5.74) is 7.90. The molecule has 0 spiro atoms. The first kappa shape index (κ1) is 27.4. The molecule has 0 saturated carbocycles. The maximum absolute atomic E-state index is 12.3. The van der Waals surface area contributed by atoms with Gasteiger partial charge in [0.25, 0.3) is 5.91 Å². The number of rotatable bonds is 11. The number of nitrogens with two attached hydrogens (primary N) is 1. The van der Waals surface area contributed by atoms with Gasteiger partial charge in [-0.05, 0) is 42.9 Å². The molecular formula is C27H37N9O2. The van der Waals surface area contributed by atoms with E-state index in [1.807, 2.05) is 17.0 Å². The first-order valence-electron chi connectivity index (χ1n) is 13.3. The van der Waals surface area contributed by atoms with E-state index < -0.39 is 5.91 Å². The van der Waals surface area contributed by atoms with Gasteiger partial charge >= 0.3 is 0 Å². The van der Waals surface area contributed by atoms with Crippen LogP contribution in [0.25, 0.3) is 0 Å². The van der Waals surface area contributed by atoms with Crippen LogP contribution in [-0.2, 0) is 6.42 Å². The van der Waals surface area contributed by atoms with Crippen molar-refractivity contribution in [1.82, 2.24) is 19.8 Å². The number of piperidine rings is 1. The Bertz CT molecular complexity index is 1130. The summed E-state index contributed by atoms with van der Waals surface area (Å²) in [6, 6.07) is 10.3. The lowest BCUT2D eigenvalue weighted by Crippen LogP contribution is -2.47. The van der Waals surface area contributed by atoms with Crippen molar-refractivity contribution in [1.29, 1.82) is 10.7 Å². The molecule has 0 radical (unpaired) electrons. The molecule has 1 amide bonds. The van der Waals surface area contributed by atoms with Crippen molar-refractivity contribution in [3.05, 3.63) is 41.1 Å². The Kier molecular flexibility index (Phi) is 9.59. The number of piperazine rings is 1. The number of nitrogens with one attached hydrogen (secondary N) is 2. The molecule has 2 fully saturated rings. The maximum atomic E-state index is 12.3. The molecule has 38 heavy (non-hydrogen) atoms. The van der Waals surface area contributed by atoms with E-state index in [0.29, 0.717) is 25.5 Å². The number of aromatic nitrogens is 2. The Hall–Kier alpha value is -3.59. The summed E-state index contributed by atoms with van der Waals surface area (Å²) in [6.07, 6.45) is 4.22. The van der Waals surface area contributed by atoms with E-state index in [1.54, 1.807) is 0 Å². The van der Waals surface area contributed by atoms with Crippen molar-refractivity contribution in [3.63, 3.8) is 0 Å². The minimum atomic E-state index is -0.694. The minimum absolute atomic E-state index is 0.0898. The summed E-state index contributed by atoms with van der Waals surface area (Å²) in [4.78, 5) is 28.1. The second-order valence-electron chi connectivity index (χ2n) is 9.92. The quantitative estimate of drug-likeness (QED) is 0.324. The average molecular weight is 520 g/mol. The Morgan fingerprint density at radius 1 is 1.11 bits per heavy atom. The van der Waals surface area contributed by atoms with Crippen molar-refractivity contribution in [2.24, 2.45) is 11.7 Å². The average Bonchev–Trinajstić information content (AvgIpc) is 2.95. The first-order valence-corrected chi connectivity index (χ1v) is 13.3. The molecule has 1 aromatic heterocycles. The number of carbonyl (C=O) groups excluding carboxylic acids is 1. The summed E-state index contributed by atoms with van der Waals surface area (Å²) < 4.78 is 0. The van der Waals surface area contributed by atoms with E-state index in [9.17, 15) is 9.90 Å². The normalized spacial score (nSPS) is 17.2. The largest absolute Gasteiger partial charge is 0.396 e. The molecule has 5 N–H and O–H groups in total. The number of nitriles is 1. The van der Waals surface area contributed by atoms with Gasteiger partial charge in [-0.25, -0.2) is 4.98 Å². The monoisotopic (exact) mass is 519 g/mol. The molecule has 0 atom stereocenters. The molecule has 2 aromatic rings. The molecule has 3 heterocycles. The fourth-order valence-electron chi connectivity index (χ4n) is 4.98. The second-order valence-corrected chi connectivity index (χ2v) is 9.92. The number of nitrogens with zero attached hydrogens (tertiary/aromatic N) is 6. The van der Waals surface area contributed by atoms with Crippen molar-refractivity contribution in [2.75, 3.05) is 69.2 Å². The summed E-state index contributed by atoms with van der Waals surface area (Å²) in [6.45, 7) is 7.44. The Balaban J connectivity index is 1.40. The molecule has 11 heteroatoms. The molecule has 0 unspecified atom stereocenters. The third-order valence-electron chi connectivity index (χ3n) is 7.40. The Morgan fingerprint density at radius 2 is 1.76 bits per heavy atom.